The fourth-order valence-corrected chi connectivity index (χ4v) is 2.09. The van der Waals surface area contributed by atoms with Crippen molar-refractivity contribution in [1.82, 2.24) is 9.80 Å². The molecule has 1 aromatic carbocycles. The fourth-order valence-electron chi connectivity index (χ4n) is 2.09. The largest absolute Gasteiger partial charge is 0.389 e. The molecule has 4 nitrogen and oxygen atoms in total. The quantitative estimate of drug-likeness (QED) is 0.865. The van der Waals surface area contributed by atoms with Crippen LogP contribution in [0.5, 0.6) is 0 Å². The molecule has 0 aliphatic carbocycles. The summed E-state index contributed by atoms with van der Waals surface area (Å²) in [5.74, 6) is -0.0361. The third-order valence-electron chi connectivity index (χ3n) is 2.95. The Labute approximate surface area is 122 Å². The highest BCUT2D eigenvalue weighted by Gasteiger charge is 2.22. The lowest BCUT2D eigenvalue weighted by Crippen LogP contribution is -2.42. The van der Waals surface area contributed by atoms with Crippen molar-refractivity contribution in [2.45, 2.75) is 32.9 Å². The van der Waals surface area contributed by atoms with Crippen LogP contribution in [-0.2, 0) is 6.54 Å². The summed E-state index contributed by atoms with van der Waals surface area (Å²) >= 11 is 0. The number of amides is 1. The topological polar surface area (TPSA) is 43.8 Å². The molecule has 112 valence electrons. The van der Waals surface area contributed by atoms with E-state index in [2.05, 4.69) is 4.90 Å². The SMILES string of the molecule is CCN(CC(C)(C)O)C(=O)c1ccc(CN(C)C)cc1. The van der Waals surface area contributed by atoms with E-state index in [-0.39, 0.29) is 5.91 Å². The summed E-state index contributed by atoms with van der Waals surface area (Å²) in [4.78, 5) is 16.1. The van der Waals surface area contributed by atoms with Crippen LogP contribution in [0.4, 0.5) is 0 Å². The number of likely N-dealkylation sites (N-methyl/N-ethyl adjacent to an activating group) is 1. The number of rotatable bonds is 6. The van der Waals surface area contributed by atoms with E-state index in [1.54, 1.807) is 18.7 Å². The van der Waals surface area contributed by atoms with Gasteiger partial charge >= 0.3 is 0 Å². The second-order valence-electron chi connectivity index (χ2n) is 6.07. The van der Waals surface area contributed by atoms with Crippen LogP contribution in [0, 0.1) is 0 Å². The number of hydrogen-bond donors (Lipinski definition) is 1. The highest BCUT2D eigenvalue weighted by Crippen LogP contribution is 2.12. The molecule has 0 fully saturated rings. The van der Waals surface area contributed by atoms with Gasteiger partial charge in [0.05, 0.1) is 5.60 Å². The predicted molar refractivity (Wildman–Crippen MR) is 81.7 cm³/mol. The summed E-state index contributed by atoms with van der Waals surface area (Å²) in [7, 11) is 4.03. The van der Waals surface area contributed by atoms with Crippen LogP contribution in [0.2, 0.25) is 0 Å². The minimum Gasteiger partial charge on any atom is -0.389 e. The predicted octanol–water partition coefficient (Wildman–Crippen LogP) is 1.98. The van der Waals surface area contributed by atoms with Gasteiger partial charge in [-0.2, -0.15) is 0 Å². The van der Waals surface area contributed by atoms with E-state index in [9.17, 15) is 9.90 Å². The number of carbonyl (C=O) groups is 1. The molecule has 1 amide bonds. The maximum atomic E-state index is 12.4. The van der Waals surface area contributed by atoms with E-state index < -0.39 is 5.60 Å². The maximum Gasteiger partial charge on any atom is 0.253 e. The van der Waals surface area contributed by atoms with Gasteiger partial charge in [0.25, 0.3) is 5.91 Å². The lowest BCUT2D eigenvalue weighted by molar-refractivity contribution is 0.0314. The molecule has 0 aromatic heterocycles. The van der Waals surface area contributed by atoms with Crippen LogP contribution in [0.15, 0.2) is 24.3 Å². The lowest BCUT2D eigenvalue weighted by atomic mass is 10.1. The summed E-state index contributed by atoms with van der Waals surface area (Å²) in [6, 6.07) is 7.67. The molecule has 1 N–H and O–H groups in total. The van der Waals surface area contributed by atoms with Crippen molar-refractivity contribution in [3.63, 3.8) is 0 Å². The fraction of sp³-hybridized carbons (Fsp3) is 0.562. The van der Waals surface area contributed by atoms with Crippen molar-refractivity contribution in [3.05, 3.63) is 35.4 Å². The molecule has 0 spiro atoms. The second-order valence-corrected chi connectivity index (χ2v) is 6.07. The van der Waals surface area contributed by atoms with Gasteiger partial charge in [-0.3, -0.25) is 4.79 Å². The molecule has 20 heavy (non-hydrogen) atoms. The van der Waals surface area contributed by atoms with Crippen molar-refractivity contribution < 1.29 is 9.90 Å². The molecule has 4 heteroatoms. The van der Waals surface area contributed by atoms with E-state index in [4.69, 9.17) is 0 Å². The van der Waals surface area contributed by atoms with Crippen LogP contribution >= 0.6 is 0 Å². The van der Waals surface area contributed by atoms with Crippen LogP contribution in [0.1, 0.15) is 36.7 Å². The molecular weight excluding hydrogens is 252 g/mol. The summed E-state index contributed by atoms with van der Waals surface area (Å²) in [6.07, 6.45) is 0. The van der Waals surface area contributed by atoms with Crippen molar-refractivity contribution in [2.24, 2.45) is 0 Å². The molecule has 0 aliphatic heterocycles. The Hall–Kier alpha value is -1.39. The maximum absolute atomic E-state index is 12.4. The zero-order valence-electron chi connectivity index (χ0n) is 13.2. The number of nitrogens with zero attached hydrogens (tertiary/aromatic N) is 2. The highest BCUT2D eigenvalue weighted by atomic mass is 16.3. The van der Waals surface area contributed by atoms with Gasteiger partial charge < -0.3 is 14.9 Å². The smallest absolute Gasteiger partial charge is 0.253 e. The van der Waals surface area contributed by atoms with Gasteiger partial charge in [-0.1, -0.05) is 12.1 Å². The van der Waals surface area contributed by atoms with Crippen molar-refractivity contribution in [1.29, 1.82) is 0 Å². The average Bonchev–Trinajstić information content (AvgIpc) is 2.34. The molecule has 0 unspecified atom stereocenters. The van der Waals surface area contributed by atoms with E-state index in [1.807, 2.05) is 45.3 Å². The Bertz CT molecular complexity index is 433. The molecule has 0 saturated heterocycles. The number of aliphatic hydroxyl groups is 1. The monoisotopic (exact) mass is 278 g/mol. The minimum atomic E-state index is -0.878. The summed E-state index contributed by atoms with van der Waals surface area (Å²) in [5.41, 5.74) is 0.965. The Morgan fingerprint density at radius 3 is 2.15 bits per heavy atom. The van der Waals surface area contributed by atoms with E-state index >= 15 is 0 Å². The minimum absolute atomic E-state index is 0.0361. The number of hydrogen-bond acceptors (Lipinski definition) is 3. The first-order chi connectivity index (χ1) is 9.23. The third kappa shape index (κ3) is 5.31. The van der Waals surface area contributed by atoms with Gasteiger partial charge in [0, 0.05) is 25.2 Å². The van der Waals surface area contributed by atoms with Gasteiger partial charge in [0.15, 0.2) is 0 Å². The van der Waals surface area contributed by atoms with Crippen LogP contribution in [-0.4, -0.2) is 53.6 Å². The van der Waals surface area contributed by atoms with E-state index in [0.717, 1.165) is 6.54 Å². The molecule has 0 aliphatic rings. The zero-order chi connectivity index (χ0) is 15.3. The van der Waals surface area contributed by atoms with Gasteiger partial charge in [-0.05, 0) is 52.6 Å². The van der Waals surface area contributed by atoms with Crippen molar-refractivity contribution in [2.75, 3.05) is 27.2 Å². The molecule has 1 aromatic rings. The normalized spacial score (nSPS) is 11.8. The van der Waals surface area contributed by atoms with E-state index in [0.29, 0.717) is 18.7 Å². The van der Waals surface area contributed by atoms with Crippen molar-refractivity contribution >= 4 is 5.91 Å². The summed E-state index contributed by atoms with van der Waals surface area (Å²) in [5, 5.41) is 9.86. The third-order valence-corrected chi connectivity index (χ3v) is 2.95. The summed E-state index contributed by atoms with van der Waals surface area (Å²) in [6.45, 7) is 7.12. The van der Waals surface area contributed by atoms with Gasteiger partial charge in [0.2, 0.25) is 0 Å². The number of benzene rings is 1. The van der Waals surface area contributed by atoms with Gasteiger partial charge in [-0.25, -0.2) is 0 Å². The average molecular weight is 278 g/mol. The van der Waals surface area contributed by atoms with Crippen LogP contribution < -0.4 is 0 Å². The summed E-state index contributed by atoms with van der Waals surface area (Å²) < 4.78 is 0. The molecule has 0 bridgehead atoms. The zero-order valence-corrected chi connectivity index (χ0v) is 13.2. The van der Waals surface area contributed by atoms with E-state index in [1.165, 1.54) is 5.56 Å². The first-order valence-corrected chi connectivity index (χ1v) is 6.98. The first kappa shape index (κ1) is 16.7. The molecular formula is C16H26N2O2. The second kappa shape index (κ2) is 6.86. The van der Waals surface area contributed by atoms with Gasteiger partial charge in [0.1, 0.15) is 0 Å². The molecule has 0 radical (unpaired) electrons. The Morgan fingerprint density at radius 2 is 1.75 bits per heavy atom. The lowest BCUT2D eigenvalue weighted by Gasteiger charge is -2.28. The first-order valence-electron chi connectivity index (χ1n) is 6.98. The molecule has 0 saturated carbocycles. The molecule has 1 rings (SSSR count). The Morgan fingerprint density at radius 1 is 1.20 bits per heavy atom. The van der Waals surface area contributed by atoms with Crippen LogP contribution in [0.25, 0.3) is 0 Å². The Kier molecular flexibility index (Phi) is 5.72. The molecule has 0 atom stereocenters. The van der Waals surface area contributed by atoms with Crippen LogP contribution in [0.3, 0.4) is 0 Å². The van der Waals surface area contributed by atoms with Crippen molar-refractivity contribution in [3.8, 4) is 0 Å². The Balaban J connectivity index is 2.80. The standard InChI is InChI=1S/C16H26N2O2/c1-6-18(12-16(2,3)20)15(19)14-9-7-13(8-10-14)11-17(4)5/h7-10,20H,6,11-12H2,1-5H3. The number of carbonyl (C=O) groups excluding carboxylic acids is 1. The highest BCUT2D eigenvalue weighted by molar-refractivity contribution is 5.94. The van der Waals surface area contributed by atoms with Gasteiger partial charge in [-0.15, -0.1) is 0 Å². The molecule has 0 heterocycles.